The SMILES string of the molecule is CN1c2ccccc2C(O)=C(C(=O)Nc2ccc3c(c2)OCO3)S1(=O)=O. The largest absolute Gasteiger partial charge is 0.506 e. The van der Waals surface area contributed by atoms with Crippen LogP contribution in [0.4, 0.5) is 11.4 Å². The van der Waals surface area contributed by atoms with Crippen molar-refractivity contribution in [2.45, 2.75) is 0 Å². The summed E-state index contributed by atoms with van der Waals surface area (Å²) >= 11 is 0. The summed E-state index contributed by atoms with van der Waals surface area (Å²) in [6, 6.07) is 11.1. The lowest BCUT2D eigenvalue weighted by Crippen LogP contribution is -2.37. The number of nitrogens with one attached hydrogen (secondary N) is 1. The molecule has 26 heavy (non-hydrogen) atoms. The molecule has 8 nitrogen and oxygen atoms in total. The number of para-hydroxylation sites is 1. The summed E-state index contributed by atoms with van der Waals surface area (Å²) in [5.41, 5.74) is 0.876. The number of ether oxygens (including phenoxy) is 2. The summed E-state index contributed by atoms with van der Waals surface area (Å²) in [7, 11) is -2.87. The summed E-state index contributed by atoms with van der Waals surface area (Å²) in [4.78, 5) is 11.9. The maximum absolute atomic E-state index is 12.7. The zero-order valence-electron chi connectivity index (χ0n) is 13.6. The number of sulfonamides is 1. The van der Waals surface area contributed by atoms with Gasteiger partial charge in [-0.05, 0) is 24.3 Å². The lowest BCUT2D eigenvalue weighted by molar-refractivity contribution is -0.112. The van der Waals surface area contributed by atoms with Crippen LogP contribution in [-0.2, 0) is 14.8 Å². The highest BCUT2D eigenvalue weighted by atomic mass is 32.2. The molecule has 134 valence electrons. The predicted molar refractivity (Wildman–Crippen MR) is 94.5 cm³/mol. The van der Waals surface area contributed by atoms with Crippen molar-refractivity contribution in [3.63, 3.8) is 0 Å². The maximum Gasteiger partial charge on any atom is 0.273 e. The number of amides is 1. The predicted octanol–water partition coefficient (Wildman–Crippen LogP) is 2.06. The second kappa shape index (κ2) is 5.67. The Hall–Kier alpha value is -3.20. The van der Waals surface area contributed by atoms with Gasteiger partial charge in [-0.15, -0.1) is 0 Å². The van der Waals surface area contributed by atoms with Crippen molar-refractivity contribution in [3.8, 4) is 11.5 Å². The van der Waals surface area contributed by atoms with E-state index in [1.165, 1.54) is 13.1 Å². The van der Waals surface area contributed by atoms with E-state index in [9.17, 15) is 18.3 Å². The van der Waals surface area contributed by atoms with Crippen LogP contribution in [0.3, 0.4) is 0 Å². The molecule has 0 saturated carbocycles. The Bertz CT molecular complexity index is 1060. The molecule has 0 saturated heterocycles. The van der Waals surface area contributed by atoms with E-state index in [1.807, 2.05) is 0 Å². The average Bonchev–Trinajstić information content (AvgIpc) is 3.07. The minimum absolute atomic E-state index is 0.0780. The zero-order chi connectivity index (χ0) is 18.5. The van der Waals surface area contributed by atoms with E-state index in [1.54, 1.807) is 36.4 Å². The lowest BCUT2D eigenvalue weighted by Gasteiger charge is -2.28. The third-order valence-electron chi connectivity index (χ3n) is 4.17. The summed E-state index contributed by atoms with van der Waals surface area (Å²) in [5.74, 6) is -0.557. The van der Waals surface area contributed by atoms with E-state index in [0.29, 0.717) is 22.9 Å². The van der Waals surface area contributed by atoms with Gasteiger partial charge in [-0.1, -0.05) is 12.1 Å². The van der Waals surface area contributed by atoms with Crippen LogP contribution in [0.2, 0.25) is 0 Å². The van der Waals surface area contributed by atoms with Crippen LogP contribution < -0.4 is 19.1 Å². The topological polar surface area (TPSA) is 105 Å². The molecule has 2 aliphatic rings. The van der Waals surface area contributed by atoms with Gasteiger partial charge in [-0.2, -0.15) is 0 Å². The number of carbonyl (C=O) groups is 1. The van der Waals surface area contributed by atoms with Crippen LogP contribution >= 0.6 is 0 Å². The van der Waals surface area contributed by atoms with E-state index in [-0.39, 0.29) is 12.4 Å². The number of hydrogen-bond acceptors (Lipinski definition) is 6. The molecule has 9 heteroatoms. The zero-order valence-corrected chi connectivity index (χ0v) is 14.4. The van der Waals surface area contributed by atoms with E-state index in [4.69, 9.17) is 9.47 Å². The molecule has 4 rings (SSSR count). The van der Waals surface area contributed by atoms with Crippen LogP contribution in [0.5, 0.6) is 11.5 Å². The molecule has 0 spiro atoms. The van der Waals surface area contributed by atoms with Crippen molar-refractivity contribution in [1.29, 1.82) is 0 Å². The molecule has 0 aromatic heterocycles. The Morgan fingerprint density at radius 1 is 1.15 bits per heavy atom. The van der Waals surface area contributed by atoms with Crippen LogP contribution in [0.25, 0.3) is 5.76 Å². The van der Waals surface area contributed by atoms with E-state index in [2.05, 4.69) is 5.32 Å². The summed E-state index contributed by atoms with van der Waals surface area (Å²) < 4.78 is 36.8. The number of carbonyl (C=O) groups excluding carboxylic acids is 1. The Morgan fingerprint density at radius 2 is 1.88 bits per heavy atom. The van der Waals surface area contributed by atoms with Gasteiger partial charge in [0.1, 0.15) is 0 Å². The monoisotopic (exact) mass is 374 g/mol. The van der Waals surface area contributed by atoms with Crippen LogP contribution in [-0.4, -0.2) is 33.3 Å². The Labute approximate surface area is 149 Å². The van der Waals surface area contributed by atoms with Gasteiger partial charge in [0.15, 0.2) is 22.2 Å². The fraction of sp³-hybridized carbons (Fsp3) is 0.118. The molecule has 1 amide bonds. The number of rotatable bonds is 2. The van der Waals surface area contributed by atoms with Crippen LogP contribution in [0, 0.1) is 0 Å². The van der Waals surface area contributed by atoms with Gasteiger partial charge in [0.05, 0.1) is 5.69 Å². The minimum atomic E-state index is -4.20. The van der Waals surface area contributed by atoms with E-state index < -0.39 is 26.6 Å². The van der Waals surface area contributed by atoms with Gasteiger partial charge < -0.3 is 19.9 Å². The van der Waals surface area contributed by atoms with Crippen LogP contribution in [0.1, 0.15) is 5.56 Å². The highest BCUT2D eigenvalue weighted by molar-refractivity contribution is 7.97. The maximum atomic E-state index is 12.7. The number of anilines is 2. The molecule has 0 radical (unpaired) electrons. The van der Waals surface area contributed by atoms with Crippen molar-refractivity contribution >= 4 is 33.1 Å². The molecule has 2 aliphatic heterocycles. The molecule has 0 unspecified atom stereocenters. The van der Waals surface area contributed by atoms with Crippen molar-refractivity contribution in [3.05, 3.63) is 52.9 Å². The standard InChI is InChI=1S/C17H14N2O6S/c1-19-12-5-3-2-4-11(12)15(20)16(26(19,22)23)17(21)18-10-6-7-13-14(8-10)25-9-24-13/h2-8,20H,9H2,1H3,(H,18,21). The first-order valence-corrected chi connectivity index (χ1v) is 9.06. The smallest absolute Gasteiger partial charge is 0.273 e. The second-order valence-corrected chi connectivity index (χ2v) is 7.60. The number of aliphatic hydroxyl groups excluding tert-OH is 1. The van der Waals surface area contributed by atoms with Gasteiger partial charge in [-0.3, -0.25) is 9.10 Å². The number of aliphatic hydroxyl groups is 1. The van der Waals surface area contributed by atoms with E-state index in [0.717, 1.165) is 4.31 Å². The lowest BCUT2D eigenvalue weighted by atomic mass is 10.1. The average molecular weight is 374 g/mol. The molecule has 0 bridgehead atoms. The first-order valence-electron chi connectivity index (χ1n) is 7.62. The fourth-order valence-electron chi connectivity index (χ4n) is 2.85. The second-order valence-electron chi connectivity index (χ2n) is 5.69. The van der Waals surface area contributed by atoms with Gasteiger partial charge in [0.25, 0.3) is 15.9 Å². The highest BCUT2D eigenvalue weighted by Crippen LogP contribution is 2.38. The molecule has 2 aromatic rings. The molecule has 0 fully saturated rings. The number of benzene rings is 2. The van der Waals surface area contributed by atoms with Crippen molar-refractivity contribution < 1.29 is 27.8 Å². The Morgan fingerprint density at radius 3 is 2.69 bits per heavy atom. The first kappa shape index (κ1) is 16.3. The summed E-state index contributed by atoms with van der Waals surface area (Å²) in [6.45, 7) is 0.0780. The third kappa shape index (κ3) is 2.36. The summed E-state index contributed by atoms with van der Waals surface area (Å²) in [5, 5.41) is 12.9. The molecule has 2 N–H and O–H groups in total. The highest BCUT2D eigenvalue weighted by Gasteiger charge is 2.39. The normalized spacial score (nSPS) is 17.0. The van der Waals surface area contributed by atoms with Crippen LogP contribution in [0.15, 0.2) is 47.4 Å². The van der Waals surface area contributed by atoms with Gasteiger partial charge in [0.2, 0.25) is 6.79 Å². The van der Waals surface area contributed by atoms with E-state index >= 15 is 0 Å². The van der Waals surface area contributed by atoms with Gasteiger partial charge in [0, 0.05) is 24.4 Å². The molecule has 0 atom stereocenters. The van der Waals surface area contributed by atoms with Gasteiger partial charge >= 0.3 is 0 Å². The quantitative estimate of drug-likeness (QED) is 0.834. The van der Waals surface area contributed by atoms with Crippen molar-refractivity contribution in [2.24, 2.45) is 0 Å². The molecule has 0 aliphatic carbocycles. The first-order chi connectivity index (χ1) is 12.4. The van der Waals surface area contributed by atoms with Crippen molar-refractivity contribution in [1.82, 2.24) is 0 Å². The number of fused-ring (bicyclic) bond motifs is 2. The van der Waals surface area contributed by atoms with Crippen molar-refractivity contribution in [2.75, 3.05) is 23.5 Å². The molecular formula is C17H14N2O6S. The number of nitrogens with zero attached hydrogens (tertiary/aromatic N) is 1. The summed E-state index contributed by atoms with van der Waals surface area (Å²) in [6.07, 6.45) is 0. The fourth-order valence-corrected chi connectivity index (χ4v) is 4.18. The minimum Gasteiger partial charge on any atom is -0.506 e. The third-order valence-corrected chi connectivity index (χ3v) is 5.98. The van der Waals surface area contributed by atoms with Gasteiger partial charge in [-0.25, -0.2) is 8.42 Å². The molecule has 2 aromatic carbocycles. The Kier molecular flexibility index (Phi) is 3.55. The molecule has 2 heterocycles. The number of hydrogen-bond donors (Lipinski definition) is 2. The Balaban J connectivity index is 1.75. The molecular weight excluding hydrogens is 360 g/mol.